The van der Waals surface area contributed by atoms with E-state index in [1.165, 1.54) is 10.5 Å². The van der Waals surface area contributed by atoms with Crippen molar-refractivity contribution < 1.29 is 9.53 Å². The van der Waals surface area contributed by atoms with Crippen LogP contribution in [0.4, 0.5) is 11.4 Å². The summed E-state index contributed by atoms with van der Waals surface area (Å²) >= 11 is 0. The van der Waals surface area contributed by atoms with Crippen LogP contribution in [0.5, 0.6) is 0 Å². The Morgan fingerprint density at radius 3 is 2.68 bits per heavy atom. The maximum atomic E-state index is 12.5. The lowest BCUT2D eigenvalue weighted by molar-refractivity contribution is -0.117. The molecule has 1 fully saturated rings. The third kappa shape index (κ3) is 5.10. The van der Waals surface area contributed by atoms with Gasteiger partial charge in [0, 0.05) is 43.3 Å². The van der Waals surface area contributed by atoms with Crippen molar-refractivity contribution in [3.8, 4) is 0 Å². The first-order chi connectivity index (χ1) is 15.0. The monoisotopic (exact) mass is 421 g/mol. The van der Waals surface area contributed by atoms with Gasteiger partial charge in [-0.25, -0.2) is 4.98 Å². The van der Waals surface area contributed by atoms with Gasteiger partial charge in [0.15, 0.2) is 0 Å². The van der Waals surface area contributed by atoms with Crippen LogP contribution in [-0.4, -0.2) is 60.1 Å². The van der Waals surface area contributed by atoms with E-state index in [-0.39, 0.29) is 18.0 Å². The number of benzene rings is 1. The van der Waals surface area contributed by atoms with Crippen molar-refractivity contribution in [3.05, 3.63) is 70.3 Å². The van der Waals surface area contributed by atoms with Gasteiger partial charge in [-0.05, 0) is 49.9 Å². The molecular weight excluding hydrogens is 394 g/mol. The van der Waals surface area contributed by atoms with E-state index >= 15 is 0 Å². The number of pyridine rings is 1. The number of aromatic nitrogens is 2. The molecule has 1 saturated heterocycles. The maximum absolute atomic E-state index is 12.5. The standard InChI is InChI=1S/C23H27N5O3/c1-17-4-3-9-28-22(30)14-19(25-23(17)28)15-26(2)16-21(29)24-18-5-7-20(8-6-18)27-10-12-31-13-11-27/h3-9,14H,10-13,15-16H2,1-2H3,(H,24,29). The lowest BCUT2D eigenvalue weighted by Gasteiger charge is -2.28. The second-order valence-electron chi connectivity index (χ2n) is 7.84. The predicted octanol–water partition coefficient (Wildman–Crippen LogP) is 1.91. The zero-order valence-electron chi connectivity index (χ0n) is 17.9. The molecule has 31 heavy (non-hydrogen) atoms. The molecule has 0 atom stereocenters. The van der Waals surface area contributed by atoms with Gasteiger partial charge in [-0.15, -0.1) is 0 Å². The van der Waals surface area contributed by atoms with Crippen LogP contribution in [0, 0.1) is 6.92 Å². The second kappa shape index (κ2) is 9.28. The molecule has 1 amide bonds. The second-order valence-corrected chi connectivity index (χ2v) is 7.84. The Morgan fingerprint density at radius 1 is 1.19 bits per heavy atom. The number of morpholine rings is 1. The topological polar surface area (TPSA) is 79.2 Å². The Morgan fingerprint density at radius 2 is 1.94 bits per heavy atom. The minimum absolute atomic E-state index is 0.115. The van der Waals surface area contributed by atoms with E-state index in [9.17, 15) is 9.59 Å². The summed E-state index contributed by atoms with van der Waals surface area (Å²) in [4.78, 5) is 33.5. The third-order valence-corrected chi connectivity index (χ3v) is 5.31. The van der Waals surface area contributed by atoms with Crippen molar-refractivity contribution in [1.82, 2.24) is 14.3 Å². The van der Waals surface area contributed by atoms with E-state index in [1.54, 1.807) is 6.20 Å². The van der Waals surface area contributed by atoms with Crippen molar-refractivity contribution in [3.63, 3.8) is 0 Å². The molecule has 4 rings (SSSR count). The number of hydrogen-bond acceptors (Lipinski definition) is 6. The van der Waals surface area contributed by atoms with Crippen molar-refractivity contribution in [1.29, 1.82) is 0 Å². The zero-order chi connectivity index (χ0) is 21.8. The number of amides is 1. The van der Waals surface area contributed by atoms with Crippen molar-refractivity contribution in [2.45, 2.75) is 13.5 Å². The van der Waals surface area contributed by atoms with Crippen molar-refractivity contribution >= 4 is 22.9 Å². The number of hydrogen-bond donors (Lipinski definition) is 1. The largest absolute Gasteiger partial charge is 0.378 e. The smallest absolute Gasteiger partial charge is 0.258 e. The fraction of sp³-hybridized carbons (Fsp3) is 0.348. The van der Waals surface area contributed by atoms with E-state index in [0.29, 0.717) is 17.9 Å². The summed E-state index contributed by atoms with van der Waals surface area (Å²) in [5.74, 6) is -0.115. The van der Waals surface area contributed by atoms with Crippen LogP contribution in [0.2, 0.25) is 0 Å². The maximum Gasteiger partial charge on any atom is 0.258 e. The van der Waals surface area contributed by atoms with Gasteiger partial charge in [0.1, 0.15) is 5.65 Å². The fourth-order valence-corrected chi connectivity index (χ4v) is 3.75. The zero-order valence-corrected chi connectivity index (χ0v) is 17.9. The Labute approximate surface area is 181 Å². The number of rotatable bonds is 6. The molecule has 1 aliphatic rings. The first kappa shape index (κ1) is 21.0. The molecule has 3 heterocycles. The van der Waals surface area contributed by atoms with Gasteiger partial charge in [0.2, 0.25) is 5.91 Å². The Hall–Kier alpha value is -3.23. The molecule has 1 aromatic carbocycles. The minimum Gasteiger partial charge on any atom is -0.378 e. The van der Waals surface area contributed by atoms with Gasteiger partial charge >= 0.3 is 0 Å². The highest BCUT2D eigenvalue weighted by Crippen LogP contribution is 2.19. The molecule has 8 nitrogen and oxygen atoms in total. The van der Waals surface area contributed by atoms with Crippen LogP contribution in [0.3, 0.4) is 0 Å². The van der Waals surface area contributed by atoms with E-state index in [4.69, 9.17) is 4.74 Å². The van der Waals surface area contributed by atoms with E-state index in [2.05, 4.69) is 15.2 Å². The van der Waals surface area contributed by atoms with Gasteiger partial charge < -0.3 is 15.0 Å². The first-order valence-electron chi connectivity index (χ1n) is 10.4. The van der Waals surface area contributed by atoms with Crippen LogP contribution < -0.4 is 15.8 Å². The highest BCUT2D eigenvalue weighted by Gasteiger charge is 2.13. The van der Waals surface area contributed by atoms with Gasteiger partial charge in [0.05, 0.1) is 25.5 Å². The summed E-state index contributed by atoms with van der Waals surface area (Å²) in [6, 6.07) is 13.1. The third-order valence-electron chi connectivity index (χ3n) is 5.31. The summed E-state index contributed by atoms with van der Waals surface area (Å²) < 4.78 is 6.92. The number of likely N-dealkylation sites (N-methyl/N-ethyl adjacent to an activating group) is 1. The van der Waals surface area contributed by atoms with E-state index in [0.717, 1.165) is 43.2 Å². The van der Waals surface area contributed by atoms with Crippen molar-refractivity contribution in [2.75, 3.05) is 50.1 Å². The summed E-state index contributed by atoms with van der Waals surface area (Å²) in [6.45, 7) is 5.76. The predicted molar refractivity (Wildman–Crippen MR) is 121 cm³/mol. The molecule has 3 aromatic rings. The van der Waals surface area contributed by atoms with Crippen molar-refractivity contribution in [2.24, 2.45) is 0 Å². The molecular formula is C23H27N5O3. The van der Waals surface area contributed by atoms with Gasteiger partial charge in [-0.3, -0.25) is 18.9 Å². The summed E-state index contributed by atoms with van der Waals surface area (Å²) in [7, 11) is 1.84. The number of carbonyl (C=O) groups excluding carboxylic acids is 1. The molecule has 0 unspecified atom stereocenters. The average molecular weight is 422 g/mol. The quantitative estimate of drug-likeness (QED) is 0.655. The number of nitrogens with zero attached hydrogens (tertiary/aromatic N) is 4. The van der Waals surface area contributed by atoms with Crippen LogP contribution in [0.1, 0.15) is 11.3 Å². The molecule has 1 aliphatic heterocycles. The molecule has 0 radical (unpaired) electrons. The summed E-state index contributed by atoms with van der Waals surface area (Å²) in [5.41, 5.74) is 3.98. The lowest BCUT2D eigenvalue weighted by atomic mass is 10.2. The highest BCUT2D eigenvalue weighted by molar-refractivity contribution is 5.92. The molecule has 1 N–H and O–H groups in total. The number of carbonyl (C=O) groups is 1. The summed E-state index contributed by atoms with van der Waals surface area (Å²) in [6.07, 6.45) is 1.71. The van der Waals surface area contributed by atoms with Crippen LogP contribution >= 0.6 is 0 Å². The molecule has 0 bridgehead atoms. The fourth-order valence-electron chi connectivity index (χ4n) is 3.75. The number of ether oxygens (including phenoxy) is 1. The van der Waals surface area contributed by atoms with Gasteiger partial charge in [0.25, 0.3) is 5.56 Å². The Balaban J connectivity index is 1.35. The van der Waals surface area contributed by atoms with Crippen LogP contribution in [0.25, 0.3) is 5.65 Å². The number of nitrogens with one attached hydrogen (secondary N) is 1. The molecule has 8 heteroatoms. The van der Waals surface area contributed by atoms with E-state index < -0.39 is 0 Å². The number of aryl methyl sites for hydroxylation is 1. The normalized spacial score (nSPS) is 14.2. The molecule has 2 aromatic heterocycles. The molecule has 0 spiro atoms. The Kier molecular flexibility index (Phi) is 6.29. The molecule has 0 saturated carbocycles. The molecule has 162 valence electrons. The molecule has 0 aliphatic carbocycles. The Bertz CT molecular complexity index is 1120. The highest BCUT2D eigenvalue weighted by atomic mass is 16.5. The van der Waals surface area contributed by atoms with E-state index in [1.807, 2.05) is 55.3 Å². The number of anilines is 2. The lowest BCUT2D eigenvalue weighted by Crippen LogP contribution is -2.36. The van der Waals surface area contributed by atoms with Crippen LogP contribution in [-0.2, 0) is 16.1 Å². The first-order valence-corrected chi connectivity index (χ1v) is 10.4. The summed E-state index contributed by atoms with van der Waals surface area (Å²) in [5, 5.41) is 2.93. The van der Waals surface area contributed by atoms with Gasteiger partial charge in [-0.2, -0.15) is 0 Å². The SMILES string of the molecule is Cc1cccn2c(=O)cc(CN(C)CC(=O)Nc3ccc(N4CCOCC4)cc3)nc12. The van der Waals surface area contributed by atoms with Crippen LogP contribution in [0.15, 0.2) is 53.5 Å². The average Bonchev–Trinajstić information content (AvgIpc) is 2.75. The van der Waals surface area contributed by atoms with Gasteiger partial charge in [-0.1, -0.05) is 6.07 Å². The number of fused-ring (bicyclic) bond motifs is 1. The minimum atomic E-state index is -0.123.